The van der Waals surface area contributed by atoms with E-state index in [9.17, 15) is 0 Å². The van der Waals surface area contributed by atoms with Crippen LogP contribution in [0, 0.1) is 5.92 Å². The van der Waals surface area contributed by atoms with Gasteiger partial charge in [-0.1, -0.05) is 22.0 Å². The standard InChI is InChI=1S/C19H29BrN4O2.HI/c1-21-19(23(2)13-15-5-8-26-14-15)22-12-16-3-4-17(20)11-18(16)24-6-9-25-10-7-24;/h3-4,11,15H,5-10,12-14H2,1-2H3,(H,21,22);1H. The van der Waals surface area contributed by atoms with Gasteiger partial charge in [0.25, 0.3) is 0 Å². The number of aliphatic imine (C=N–C) groups is 1. The topological polar surface area (TPSA) is 49.3 Å². The molecule has 0 saturated carbocycles. The van der Waals surface area contributed by atoms with Crippen LogP contribution in [-0.2, 0) is 16.0 Å². The third-order valence-electron chi connectivity index (χ3n) is 4.97. The summed E-state index contributed by atoms with van der Waals surface area (Å²) in [7, 11) is 3.94. The van der Waals surface area contributed by atoms with Crippen LogP contribution in [0.4, 0.5) is 5.69 Å². The molecule has 0 amide bonds. The van der Waals surface area contributed by atoms with E-state index in [2.05, 4.69) is 61.3 Å². The van der Waals surface area contributed by atoms with Crippen LogP contribution in [0.15, 0.2) is 27.7 Å². The molecule has 2 heterocycles. The van der Waals surface area contributed by atoms with Crippen molar-refractivity contribution in [1.29, 1.82) is 0 Å². The number of halogens is 2. The Morgan fingerprint density at radius 1 is 1.30 bits per heavy atom. The second-order valence-electron chi connectivity index (χ2n) is 6.88. The second kappa shape index (κ2) is 11.4. The van der Waals surface area contributed by atoms with E-state index in [4.69, 9.17) is 9.47 Å². The fraction of sp³-hybridized carbons (Fsp3) is 0.632. The number of nitrogens with zero attached hydrogens (tertiary/aromatic N) is 3. The summed E-state index contributed by atoms with van der Waals surface area (Å²) in [5.41, 5.74) is 2.53. The first kappa shape index (κ1) is 22.7. The Hall–Kier alpha value is -0.580. The Labute approximate surface area is 187 Å². The lowest BCUT2D eigenvalue weighted by atomic mass is 10.1. The van der Waals surface area contributed by atoms with Crippen LogP contribution >= 0.6 is 39.9 Å². The predicted molar refractivity (Wildman–Crippen MR) is 124 cm³/mol. The summed E-state index contributed by atoms with van der Waals surface area (Å²) in [6.45, 7) is 6.88. The van der Waals surface area contributed by atoms with Gasteiger partial charge in [0.2, 0.25) is 0 Å². The molecule has 0 aliphatic carbocycles. The van der Waals surface area contributed by atoms with E-state index in [1.54, 1.807) is 0 Å². The number of ether oxygens (including phenoxy) is 2. The molecule has 0 radical (unpaired) electrons. The lowest BCUT2D eigenvalue weighted by Crippen LogP contribution is -2.41. The highest BCUT2D eigenvalue weighted by atomic mass is 127. The van der Waals surface area contributed by atoms with Crippen molar-refractivity contribution >= 4 is 51.6 Å². The minimum Gasteiger partial charge on any atom is -0.381 e. The minimum absolute atomic E-state index is 0. The molecule has 8 heteroatoms. The average Bonchev–Trinajstić information content (AvgIpc) is 3.17. The molecule has 27 heavy (non-hydrogen) atoms. The van der Waals surface area contributed by atoms with Gasteiger partial charge in [0, 0.05) is 63.0 Å². The smallest absolute Gasteiger partial charge is 0.193 e. The van der Waals surface area contributed by atoms with Crippen molar-refractivity contribution in [3.8, 4) is 0 Å². The predicted octanol–water partition coefficient (Wildman–Crippen LogP) is 2.95. The number of benzene rings is 1. The van der Waals surface area contributed by atoms with E-state index in [0.717, 1.165) is 69.5 Å². The molecule has 0 bridgehead atoms. The minimum atomic E-state index is 0. The highest BCUT2D eigenvalue weighted by Gasteiger charge is 2.20. The normalized spacial score (nSPS) is 20.3. The van der Waals surface area contributed by atoms with Crippen molar-refractivity contribution in [2.75, 3.05) is 65.1 Å². The van der Waals surface area contributed by atoms with E-state index >= 15 is 0 Å². The van der Waals surface area contributed by atoms with E-state index < -0.39 is 0 Å². The second-order valence-corrected chi connectivity index (χ2v) is 7.80. The molecule has 2 saturated heterocycles. The lowest BCUT2D eigenvalue weighted by Gasteiger charge is -2.31. The summed E-state index contributed by atoms with van der Waals surface area (Å²) in [5, 5.41) is 3.52. The molecule has 152 valence electrons. The highest BCUT2D eigenvalue weighted by Crippen LogP contribution is 2.26. The molecule has 3 rings (SSSR count). The number of rotatable bonds is 5. The third-order valence-corrected chi connectivity index (χ3v) is 5.46. The van der Waals surface area contributed by atoms with Gasteiger partial charge in [-0.25, -0.2) is 0 Å². The van der Waals surface area contributed by atoms with Crippen molar-refractivity contribution in [3.63, 3.8) is 0 Å². The zero-order valence-electron chi connectivity index (χ0n) is 16.1. The molecule has 0 spiro atoms. The molecule has 2 aliphatic rings. The van der Waals surface area contributed by atoms with E-state index in [1.165, 1.54) is 11.3 Å². The van der Waals surface area contributed by atoms with E-state index in [-0.39, 0.29) is 24.0 Å². The summed E-state index contributed by atoms with van der Waals surface area (Å²) < 4.78 is 12.1. The average molecular weight is 553 g/mol. The molecular formula is C19H30BrIN4O2. The lowest BCUT2D eigenvalue weighted by molar-refractivity contribution is 0.122. The molecule has 6 nitrogen and oxygen atoms in total. The molecule has 1 aromatic rings. The first-order chi connectivity index (χ1) is 12.7. The first-order valence-corrected chi connectivity index (χ1v) is 10.1. The largest absolute Gasteiger partial charge is 0.381 e. The number of nitrogens with one attached hydrogen (secondary N) is 1. The van der Waals surface area contributed by atoms with E-state index in [0.29, 0.717) is 5.92 Å². The molecule has 1 N–H and O–H groups in total. The number of anilines is 1. The van der Waals surface area contributed by atoms with Gasteiger partial charge < -0.3 is 24.6 Å². The zero-order chi connectivity index (χ0) is 18.4. The van der Waals surface area contributed by atoms with Gasteiger partial charge in [0.05, 0.1) is 19.8 Å². The molecular weight excluding hydrogens is 523 g/mol. The van der Waals surface area contributed by atoms with Gasteiger partial charge in [-0.2, -0.15) is 0 Å². The van der Waals surface area contributed by atoms with Crippen LogP contribution in [-0.4, -0.2) is 71.0 Å². The van der Waals surface area contributed by atoms with Crippen molar-refractivity contribution in [3.05, 3.63) is 28.2 Å². The highest BCUT2D eigenvalue weighted by molar-refractivity contribution is 14.0. The van der Waals surface area contributed by atoms with E-state index in [1.807, 2.05) is 7.05 Å². The number of hydrogen-bond donors (Lipinski definition) is 1. The SMILES string of the molecule is CN=C(NCc1ccc(Br)cc1N1CCOCC1)N(C)CC1CCOC1.I. The molecule has 1 aromatic carbocycles. The maximum Gasteiger partial charge on any atom is 0.193 e. The van der Waals surface area contributed by atoms with Crippen molar-refractivity contribution in [2.45, 2.75) is 13.0 Å². The van der Waals surface area contributed by atoms with Gasteiger partial charge >= 0.3 is 0 Å². The maximum atomic E-state index is 5.50. The Morgan fingerprint density at radius 3 is 2.74 bits per heavy atom. The van der Waals surface area contributed by atoms with Crippen LogP contribution in [0.1, 0.15) is 12.0 Å². The maximum absolute atomic E-state index is 5.50. The summed E-state index contributed by atoms with van der Waals surface area (Å²) in [6.07, 6.45) is 1.13. The molecule has 2 aliphatic heterocycles. The molecule has 0 aromatic heterocycles. The van der Waals surface area contributed by atoms with Gasteiger partial charge in [0.15, 0.2) is 5.96 Å². The summed E-state index contributed by atoms with van der Waals surface area (Å²) in [4.78, 5) is 9.05. The van der Waals surface area contributed by atoms with Gasteiger partial charge in [-0.15, -0.1) is 24.0 Å². The summed E-state index contributed by atoms with van der Waals surface area (Å²) in [5.74, 6) is 1.52. The Bertz CT molecular complexity index is 620. The first-order valence-electron chi connectivity index (χ1n) is 9.28. The molecule has 2 fully saturated rings. The zero-order valence-corrected chi connectivity index (χ0v) is 20.0. The quantitative estimate of drug-likeness (QED) is 0.346. The Morgan fingerprint density at radius 2 is 2.07 bits per heavy atom. The Balaban J connectivity index is 0.00000261. The van der Waals surface area contributed by atoms with Crippen LogP contribution in [0.5, 0.6) is 0 Å². The fourth-order valence-corrected chi connectivity index (χ4v) is 3.89. The van der Waals surface area contributed by atoms with Crippen LogP contribution < -0.4 is 10.2 Å². The van der Waals surface area contributed by atoms with Crippen LogP contribution in [0.25, 0.3) is 0 Å². The summed E-state index contributed by atoms with van der Waals surface area (Å²) in [6, 6.07) is 6.48. The number of morpholine rings is 1. The van der Waals surface area contributed by atoms with Crippen molar-refractivity contribution < 1.29 is 9.47 Å². The van der Waals surface area contributed by atoms with Crippen molar-refractivity contribution in [2.24, 2.45) is 10.9 Å². The molecule has 1 atom stereocenters. The summed E-state index contributed by atoms with van der Waals surface area (Å²) >= 11 is 3.61. The van der Waals surface area contributed by atoms with Gasteiger partial charge in [0.1, 0.15) is 0 Å². The number of guanidine groups is 1. The number of hydrogen-bond acceptors (Lipinski definition) is 4. The monoisotopic (exact) mass is 552 g/mol. The Kier molecular flexibility index (Phi) is 9.61. The third kappa shape index (κ3) is 6.47. The van der Waals surface area contributed by atoms with Crippen LogP contribution in [0.3, 0.4) is 0 Å². The van der Waals surface area contributed by atoms with Gasteiger partial charge in [-0.3, -0.25) is 4.99 Å². The van der Waals surface area contributed by atoms with Crippen LogP contribution in [0.2, 0.25) is 0 Å². The van der Waals surface area contributed by atoms with Crippen molar-refractivity contribution in [1.82, 2.24) is 10.2 Å². The molecule has 1 unspecified atom stereocenters. The van der Waals surface area contributed by atoms with Gasteiger partial charge in [-0.05, 0) is 24.1 Å². The fourth-order valence-electron chi connectivity index (χ4n) is 3.55.